The Morgan fingerprint density at radius 2 is 1.88 bits per heavy atom. The van der Waals surface area contributed by atoms with Crippen LogP contribution in [0.15, 0.2) is 47.5 Å². The summed E-state index contributed by atoms with van der Waals surface area (Å²) in [6.07, 6.45) is 3.79. The zero-order valence-electron chi connectivity index (χ0n) is 17.8. The van der Waals surface area contributed by atoms with Gasteiger partial charge in [0, 0.05) is 51.0 Å². The molecule has 0 radical (unpaired) electrons. The Labute approximate surface area is 184 Å². The Morgan fingerprint density at radius 1 is 1.09 bits per heavy atom. The third kappa shape index (κ3) is 3.46. The minimum atomic E-state index is -0.551. The maximum Gasteiger partial charge on any atom is 0.272 e. The highest BCUT2D eigenvalue weighted by Gasteiger charge is 2.32. The maximum atomic E-state index is 13.2. The van der Waals surface area contributed by atoms with Crippen LogP contribution in [0, 0.1) is 0 Å². The van der Waals surface area contributed by atoms with Crippen LogP contribution in [0.3, 0.4) is 0 Å². The van der Waals surface area contributed by atoms with Crippen LogP contribution < -0.4 is 5.56 Å². The molecule has 1 atom stereocenters. The Kier molecular flexibility index (Phi) is 5.01. The maximum absolute atomic E-state index is 13.2. The number of pyridine rings is 2. The van der Waals surface area contributed by atoms with E-state index < -0.39 is 6.10 Å². The van der Waals surface area contributed by atoms with Crippen molar-refractivity contribution in [3.05, 3.63) is 75.5 Å². The number of benzene rings is 1. The van der Waals surface area contributed by atoms with Gasteiger partial charge in [-0.15, -0.1) is 0 Å². The van der Waals surface area contributed by atoms with Crippen LogP contribution >= 0.6 is 0 Å². The van der Waals surface area contributed by atoms with E-state index in [2.05, 4.69) is 4.98 Å². The summed E-state index contributed by atoms with van der Waals surface area (Å²) in [6, 6.07) is 9.54. The number of amides is 2. The molecule has 2 aromatic heterocycles. The summed E-state index contributed by atoms with van der Waals surface area (Å²) in [4.78, 5) is 46.7. The summed E-state index contributed by atoms with van der Waals surface area (Å²) >= 11 is 0. The topological polar surface area (TPSA) is 95.7 Å². The lowest BCUT2D eigenvalue weighted by atomic mass is 9.95. The molecule has 32 heavy (non-hydrogen) atoms. The van der Waals surface area contributed by atoms with Gasteiger partial charge in [0.25, 0.3) is 17.4 Å². The fraction of sp³-hybridized carbons (Fsp3) is 0.333. The largest absolute Gasteiger partial charge is 0.391 e. The second kappa shape index (κ2) is 7.87. The minimum Gasteiger partial charge on any atom is -0.391 e. The Hall–Kier alpha value is -3.52. The Morgan fingerprint density at radius 3 is 2.62 bits per heavy atom. The summed E-state index contributed by atoms with van der Waals surface area (Å²) < 4.78 is 1.40. The summed E-state index contributed by atoms with van der Waals surface area (Å²) in [6.45, 7) is 1.38. The van der Waals surface area contributed by atoms with E-state index in [0.29, 0.717) is 43.7 Å². The quantitative estimate of drug-likeness (QED) is 0.659. The van der Waals surface area contributed by atoms with Gasteiger partial charge < -0.3 is 19.5 Å². The molecule has 164 valence electrons. The number of β-amino-alcohol motifs (C(OH)–C–C–N with tert-alkyl or cyclic N) is 1. The number of aryl methyl sites for hydroxylation is 1. The van der Waals surface area contributed by atoms with Gasteiger partial charge >= 0.3 is 0 Å². The molecule has 0 saturated carbocycles. The van der Waals surface area contributed by atoms with Crippen LogP contribution in [0.4, 0.5) is 0 Å². The molecule has 2 aliphatic heterocycles. The zero-order valence-corrected chi connectivity index (χ0v) is 17.8. The molecule has 0 unspecified atom stereocenters. The first kappa shape index (κ1) is 20.4. The van der Waals surface area contributed by atoms with Crippen molar-refractivity contribution in [3.63, 3.8) is 0 Å². The average molecular weight is 432 g/mol. The third-order valence-electron chi connectivity index (χ3n) is 6.37. The van der Waals surface area contributed by atoms with Gasteiger partial charge in [0.1, 0.15) is 11.3 Å². The molecule has 0 aliphatic carbocycles. The summed E-state index contributed by atoms with van der Waals surface area (Å²) in [5.41, 5.74) is 1.69. The van der Waals surface area contributed by atoms with E-state index in [1.54, 1.807) is 30.4 Å². The van der Waals surface area contributed by atoms with Crippen molar-refractivity contribution in [2.45, 2.75) is 25.5 Å². The second-order valence-electron chi connectivity index (χ2n) is 8.51. The van der Waals surface area contributed by atoms with Crippen molar-refractivity contribution < 1.29 is 14.7 Å². The fourth-order valence-electron chi connectivity index (χ4n) is 4.63. The van der Waals surface area contributed by atoms with Crippen LogP contribution in [0.25, 0.3) is 10.8 Å². The van der Waals surface area contributed by atoms with Crippen LogP contribution in [0.1, 0.15) is 38.4 Å². The Balaban J connectivity index is 1.45. The first-order chi connectivity index (χ1) is 15.4. The van der Waals surface area contributed by atoms with Crippen molar-refractivity contribution in [2.24, 2.45) is 7.05 Å². The number of likely N-dealkylation sites (tertiary alicyclic amines) is 1. The average Bonchev–Trinajstić information content (AvgIpc) is 3.25. The first-order valence-corrected chi connectivity index (χ1v) is 10.7. The van der Waals surface area contributed by atoms with Gasteiger partial charge in [-0.1, -0.05) is 24.3 Å². The molecular formula is C24H24N4O4. The lowest BCUT2D eigenvalue weighted by molar-refractivity contribution is 0.0726. The fourth-order valence-corrected chi connectivity index (χ4v) is 4.63. The molecular weight excluding hydrogens is 408 g/mol. The van der Waals surface area contributed by atoms with Gasteiger partial charge in [-0.25, -0.2) is 0 Å². The molecule has 1 aromatic carbocycles. The van der Waals surface area contributed by atoms with Gasteiger partial charge in [-0.2, -0.15) is 0 Å². The number of rotatable bonds is 2. The lowest BCUT2D eigenvalue weighted by Gasteiger charge is -2.30. The molecule has 8 nitrogen and oxygen atoms in total. The highest BCUT2D eigenvalue weighted by atomic mass is 16.3. The predicted octanol–water partition coefficient (Wildman–Crippen LogP) is 1.34. The van der Waals surface area contributed by atoms with Crippen LogP contribution in [-0.4, -0.2) is 62.0 Å². The van der Waals surface area contributed by atoms with Crippen LogP contribution in [0.2, 0.25) is 0 Å². The number of nitrogens with zero attached hydrogens (tertiary/aromatic N) is 4. The van der Waals surface area contributed by atoms with E-state index >= 15 is 0 Å². The SMILES string of the molecule is Cn1cc2c(c(C(=O)N3CC[C@@H](O)C3)c1=O)CCN(C(=O)c1cc3ccccc3cn1)C2. The number of carbonyl (C=O) groups excluding carboxylic acids is 2. The van der Waals surface area contributed by atoms with Gasteiger partial charge in [0.05, 0.1) is 6.10 Å². The number of hydrogen-bond acceptors (Lipinski definition) is 5. The second-order valence-corrected chi connectivity index (χ2v) is 8.51. The van der Waals surface area contributed by atoms with Crippen molar-refractivity contribution >= 4 is 22.6 Å². The van der Waals surface area contributed by atoms with Gasteiger partial charge in [-0.3, -0.25) is 19.4 Å². The molecule has 5 rings (SSSR count). The number of aliphatic hydroxyl groups excluding tert-OH is 1. The van der Waals surface area contributed by atoms with E-state index in [9.17, 15) is 19.5 Å². The van der Waals surface area contributed by atoms with Gasteiger partial charge in [0.2, 0.25) is 0 Å². The summed E-state index contributed by atoms with van der Waals surface area (Å²) in [5.74, 6) is -0.513. The predicted molar refractivity (Wildman–Crippen MR) is 118 cm³/mol. The molecule has 2 amide bonds. The summed E-state index contributed by atoms with van der Waals surface area (Å²) in [7, 11) is 1.61. The minimum absolute atomic E-state index is 0.162. The molecule has 1 N–H and O–H groups in total. The van der Waals surface area contributed by atoms with E-state index in [1.807, 2.05) is 24.3 Å². The van der Waals surface area contributed by atoms with E-state index in [0.717, 1.165) is 16.3 Å². The monoisotopic (exact) mass is 432 g/mol. The van der Waals surface area contributed by atoms with E-state index in [1.165, 1.54) is 9.47 Å². The Bertz CT molecular complexity index is 1300. The highest BCUT2D eigenvalue weighted by Crippen LogP contribution is 2.24. The van der Waals surface area contributed by atoms with Crippen molar-refractivity contribution in [1.29, 1.82) is 0 Å². The van der Waals surface area contributed by atoms with Gasteiger partial charge in [0.15, 0.2) is 0 Å². The molecule has 1 saturated heterocycles. The first-order valence-electron chi connectivity index (χ1n) is 10.7. The van der Waals surface area contributed by atoms with E-state index in [4.69, 9.17) is 0 Å². The standard InChI is InChI=1S/C24H24N4O4/c1-26-12-17-13-27(22(30)20-10-15-4-2-3-5-16(15)11-25-20)9-7-19(17)21(23(26)31)24(32)28-8-6-18(29)14-28/h2-5,10-12,18,29H,6-9,13-14H2,1H3/t18-/m1/s1. The van der Waals surface area contributed by atoms with Crippen molar-refractivity contribution in [2.75, 3.05) is 19.6 Å². The summed E-state index contributed by atoms with van der Waals surface area (Å²) in [5, 5.41) is 11.7. The third-order valence-corrected chi connectivity index (χ3v) is 6.37. The normalized spacial score (nSPS) is 18.1. The number of aromatic nitrogens is 2. The van der Waals surface area contributed by atoms with Crippen LogP contribution in [-0.2, 0) is 20.0 Å². The zero-order chi connectivity index (χ0) is 22.4. The molecule has 2 aliphatic rings. The van der Waals surface area contributed by atoms with Crippen LogP contribution in [0.5, 0.6) is 0 Å². The smallest absolute Gasteiger partial charge is 0.272 e. The number of aliphatic hydroxyl groups is 1. The molecule has 0 spiro atoms. The molecule has 8 heteroatoms. The molecule has 4 heterocycles. The number of fused-ring (bicyclic) bond motifs is 2. The highest BCUT2D eigenvalue weighted by molar-refractivity contribution is 5.98. The molecule has 0 bridgehead atoms. The molecule has 3 aromatic rings. The van der Waals surface area contributed by atoms with Crippen molar-refractivity contribution in [1.82, 2.24) is 19.4 Å². The van der Waals surface area contributed by atoms with Crippen molar-refractivity contribution in [3.8, 4) is 0 Å². The number of carbonyl (C=O) groups is 2. The molecule has 1 fully saturated rings. The number of hydrogen-bond donors (Lipinski definition) is 1. The lowest BCUT2D eigenvalue weighted by Crippen LogP contribution is -2.42. The van der Waals surface area contributed by atoms with E-state index in [-0.39, 0.29) is 29.5 Å². The van der Waals surface area contributed by atoms with Gasteiger partial charge in [-0.05, 0) is 35.4 Å².